The maximum absolute atomic E-state index is 12.4. The lowest BCUT2D eigenvalue weighted by Crippen LogP contribution is -2.21. The van der Waals surface area contributed by atoms with Gasteiger partial charge in [-0.3, -0.25) is 10.1 Å². The van der Waals surface area contributed by atoms with Crippen LogP contribution in [-0.2, 0) is 19.7 Å². The number of benzene rings is 3. The molecule has 1 unspecified atom stereocenters. The third-order valence-electron chi connectivity index (χ3n) is 6.52. The van der Waals surface area contributed by atoms with Gasteiger partial charge < -0.3 is 9.47 Å². The van der Waals surface area contributed by atoms with Crippen LogP contribution in [0.1, 0.15) is 37.0 Å². The molecule has 0 radical (unpaired) electrons. The summed E-state index contributed by atoms with van der Waals surface area (Å²) in [6, 6.07) is 25.1. The number of carbonyl (C=O) groups excluding carboxylic acids is 2. The van der Waals surface area contributed by atoms with Crippen LogP contribution in [0.2, 0.25) is 0 Å². The molecule has 0 aliphatic heterocycles. The van der Waals surface area contributed by atoms with E-state index in [1.54, 1.807) is 6.92 Å². The number of nitrogens with zero attached hydrogens (tertiary/aromatic N) is 2. The van der Waals surface area contributed by atoms with E-state index in [2.05, 4.69) is 15.6 Å². The van der Waals surface area contributed by atoms with Crippen LogP contribution in [0.5, 0.6) is 0 Å². The summed E-state index contributed by atoms with van der Waals surface area (Å²) in [4.78, 5) is 24.5. The van der Waals surface area contributed by atoms with Gasteiger partial charge in [0.2, 0.25) is 5.82 Å². The van der Waals surface area contributed by atoms with Crippen LogP contribution in [-0.4, -0.2) is 29.5 Å². The zero-order valence-electron chi connectivity index (χ0n) is 19.9. The first-order valence-electron chi connectivity index (χ1n) is 11.6. The van der Waals surface area contributed by atoms with E-state index in [0.717, 1.165) is 40.7 Å². The molecule has 1 amide bonds. The molecule has 1 fully saturated rings. The second-order valence-electron chi connectivity index (χ2n) is 8.77. The standard InChI is InChI=1S/C28H25N3O5/c1-18(19-6-4-3-5-7-19)35-27(33)29-25-24(30-36-31-25)22-10-8-20(9-11-22)21-12-14-23(15-13-21)28(16-17-28)26(32)34-2/h3-15,18H,16-17H2,1-2H3,(H,29,31,33). The Bertz CT molecular complexity index is 1360. The van der Waals surface area contributed by atoms with Gasteiger partial charge in [0.25, 0.3) is 0 Å². The molecule has 1 heterocycles. The fourth-order valence-corrected chi connectivity index (χ4v) is 4.27. The van der Waals surface area contributed by atoms with Gasteiger partial charge in [-0.25, -0.2) is 9.42 Å². The molecule has 8 nitrogen and oxygen atoms in total. The van der Waals surface area contributed by atoms with Gasteiger partial charge >= 0.3 is 12.1 Å². The van der Waals surface area contributed by atoms with Gasteiger partial charge in [0, 0.05) is 5.56 Å². The van der Waals surface area contributed by atoms with Crippen LogP contribution in [0, 0.1) is 0 Å². The molecule has 0 spiro atoms. The van der Waals surface area contributed by atoms with Gasteiger partial charge in [-0.2, -0.15) is 0 Å². The van der Waals surface area contributed by atoms with Crippen molar-refractivity contribution in [3.63, 3.8) is 0 Å². The number of carbonyl (C=O) groups is 2. The number of methoxy groups -OCH3 is 1. The zero-order valence-corrected chi connectivity index (χ0v) is 19.9. The Morgan fingerprint density at radius 2 is 1.50 bits per heavy atom. The van der Waals surface area contributed by atoms with Crippen molar-refractivity contribution >= 4 is 17.9 Å². The van der Waals surface area contributed by atoms with Gasteiger partial charge in [-0.15, -0.1) is 0 Å². The Morgan fingerprint density at radius 1 is 0.889 bits per heavy atom. The lowest BCUT2D eigenvalue weighted by molar-refractivity contribution is -0.143. The fraction of sp³-hybridized carbons (Fsp3) is 0.214. The van der Waals surface area contributed by atoms with E-state index in [9.17, 15) is 9.59 Å². The van der Waals surface area contributed by atoms with Crippen molar-refractivity contribution in [2.45, 2.75) is 31.3 Å². The molecule has 1 saturated carbocycles. The third-order valence-corrected chi connectivity index (χ3v) is 6.52. The van der Waals surface area contributed by atoms with Gasteiger partial charge in [0.15, 0.2) is 5.69 Å². The highest BCUT2D eigenvalue weighted by Gasteiger charge is 2.52. The second-order valence-corrected chi connectivity index (χ2v) is 8.77. The molecule has 8 heteroatoms. The van der Waals surface area contributed by atoms with Gasteiger partial charge in [-0.1, -0.05) is 78.9 Å². The first-order valence-corrected chi connectivity index (χ1v) is 11.6. The number of esters is 1. The van der Waals surface area contributed by atoms with Crippen LogP contribution >= 0.6 is 0 Å². The minimum absolute atomic E-state index is 0.176. The molecule has 1 aromatic heterocycles. The molecule has 1 aliphatic carbocycles. The van der Waals surface area contributed by atoms with E-state index >= 15 is 0 Å². The van der Waals surface area contributed by atoms with Crippen molar-refractivity contribution in [1.29, 1.82) is 0 Å². The summed E-state index contributed by atoms with van der Waals surface area (Å²) in [5, 5.41) is 10.4. The van der Waals surface area contributed by atoms with Crippen molar-refractivity contribution in [2.24, 2.45) is 0 Å². The lowest BCUT2D eigenvalue weighted by atomic mass is 9.93. The molecule has 36 heavy (non-hydrogen) atoms. The van der Waals surface area contributed by atoms with Crippen molar-refractivity contribution in [3.8, 4) is 22.4 Å². The molecule has 0 saturated heterocycles. The van der Waals surface area contributed by atoms with Crippen LogP contribution in [0.4, 0.5) is 10.6 Å². The van der Waals surface area contributed by atoms with E-state index < -0.39 is 17.6 Å². The van der Waals surface area contributed by atoms with E-state index in [1.165, 1.54) is 7.11 Å². The highest BCUT2D eigenvalue weighted by molar-refractivity contribution is 5.89. The molecule has 1 N–H and O–H groups in total. The molecule has 4 aromatic rings. The number of hydrogen-bond acceptors (Lipinski definition) is 7. The molecule has 3 aromatic carbocycles. The van der Waals surface area contributed by atoms with Crippen LogP contribution < -0.4 is 5.32 Å². The predicted molar refractivity (Wildman–Crippen MR) is 133 cm³/mol. The number of anilines is 1. The highest BCUT2D eigenvalue weighted by atomic mass is 16.6. The smallest absolute Gasteiger partial charge is 0.413 e. The van der Waals surface area contributed by atoms with E-state index in [-0.39, 0.29) is 11.8 Å². The number of rotatable bonds is 7. The SMILES string of the molecule is COC(=O)C1(c2ccc(-c3ccc(-c4nonc4NC(=O)OC(C)c4ccccc4)cc3)cc2)CC1. The number of ether oxygens (including phenoxy) is 2. The van der Waals surface area contributed by atoms with Crippen LogP contribution in [0.15, 0.2) is 83.5 Å². The monoisotopic (exact) mass is 483 g/mol. The number of nitrogens with one attached hydrogen (secondary N) is 1. The molecule has 0 bridgehead atoms. The van der Waals surface area contributed by atoms with Gasteiger partial charge in [0.05, 0.1) is 12.5 Å². The predicted octanol–water partition coefficient (Wildman–Crippen LogP) is 5.92. The highest BCUT2D eigenvalue weighted by Crippen LogP contribution is 2.49. The Labute approximate surface area is 208 Å². The quantitative estimate of drug-likeness (QED) is 0.326. The van der Waals surface area contributed by atoms with Crippen molar-refractivity contribution in [2.75, 3.05) is 12.4 Å². The van der Waals surface area contributed by atoms with E-state index in [0.29, 0.717) is 5.69 Å². The molecular formula is C28H25N3O5. The number of amides is 1. The molecule has 1 aliphatic rings. The minimum atomic E-state index is -0.652. The Morgan fingerprint density at radius 3 is 2.11 bits per heavy atom. The molecule has 5 rings (SSSR count). The summed E-state index contributed by atoms with van der Waals surface area (Å²) >= 11 is 0. The largest absolute Gasteiger partial charge is 0.468 e. The van der Waals surface area contributed by atoms with Crippen LogP contribution in [0.25, 0.3) is 22.4 Å². The maximum atomic E-state index is 12.4. The van der Waals surface area contributed by atoms with E-state index in [1.807, 2.05) is 78.9 Å². The summed E-state index contributed by atoms with van der Waals surface area (Å²) < 4.78 is 15.3. The molecule has 1 atom stereocenters. The summed E-state index contributed by atoms with van der Waals surface area (Å²) in [7, 11) is 1.43. The third kappa shape index (κ3) is 4.57. The average molecular weight is 484 g/mol. The summed E-state index contributed by atoms with van der Waals surface area (Å²) in [5.41, 5.74) is 4.51. The Balaban J connectivity index is 1.27. The number of hydrogen-bond donors (Lipinski definition) is 1. The molecular weight excluding hydrogens is 458 g/mol. The van der Waals surface area contributed by atoms with Crippen molar-refractivity contribution in [1.82, 2.24) is 10.3 Å². The average Bonchev–Trinajstić information content (AvgIpc) is 3.61. The van der Waals surface area contributed by atoms with Gasteiger partial charge in [0.1, 0.15) is 6.10 Å². The van der Waals surface area contributed by atoms with Crippen molar-refractivity contribution < 1.29 is 23.7 Å². The fourth-order valence-electron chi connectivity index (χ4n) is 4.27. The summed E-state index contributed by atoms with van der Waals surface area (Å²) in [6.45, 7) is 1.79. The second kappa shape index (κ2) is 9.65. The Hall–Kier alpha value is -4.46. The topological polar surface area (TPSA) is 104 Å². The first-order chi connectivity index (χ1) is 17.5. The van der Waals surface area contributed by atoms with E-state index in [4.69, 9.17) is 14.1 Å². The van der Waals surface area contributed by atoms with Crippen LogP contribution in [0.3, 0.4) is 0 Å². The maximum Gasteiger partial charge on any atom is 0.413 e. The zero-order chi connectivity index (χ0) is 25.1. The molecule has 182 valence electrons. The first kappa shape index (κ1) is 23.3. The lowest BCUT2D eigenvalue weighted by Gasteiger charge is -2.14. The van der Waals surface area contributed by atoms with Gasteiger partial charge in [-0.05, 0) is 52.3 Å². The Kier molecular flexibility index (Phi) is 6.25. The normalized spacial score (nSPS) is 14.5. The minimum Gasteiger partial charge on any atom is -0.468 e. The van der Waals surface area contributed by atoms with Crippen molar-refractivity contribution in [3.05, 3.63) is 90.0 Å². The summed E-state index contributed by atoms with van der Waals surface area (Å²) in [5.74, 6) is -0.00134. The number of aromatic nitrogens is 2. The summed E-state index contributed by atoms with van der Waals surface area (Å²) in [6.07, 6.45) is 0.547.